The summed E-state index contributed by atoms with van der Waals surface area (Å²) in [6, 6.07) is 9.80. The molecule has 4 unspecified atom stereocenters. The van der Waals surface area contributed by atoms with E-state index in [1.165, 1.54) is 19.3 Å². The number of rotatable bonds is 10. The molecule has 180 valence electrons. The number of hydrogen-bond donors (Lipinski definition) is 5. The summed E-state index contributed by atoms with van der Waals surface area (Å²) >= 11 is 0. The maximum atomic E-state index is 11.5. The molecule has 0 radical (unpaired) electrons. The Kier molecular flexibility index (Phi) is 9.05. The van der Waals surface area contributed by atoms with Crippen molar-refractivity contribution in [3.63, 3.8) is 0 Å². The number of carbonyl (C=O) groups is 1. The average Bonchev–Trinajstić information content (AvgIpc) is 2.83. The summed E-state index contributed by atoms with van der Waals surface area (Å²) < 4.78 is 5.83. The van der Waals surface area contributed by atoms with Gasteiger partial charge < -0.3 is 31.7 Å². The summed E-state index contributed by atoms with van der Waals surface area (Å²) in [5, 5.41) is 23.6. The molecule has 3 rings (SSSR count). The van der Waals surface area contributed by atoms with Crippen LogP contribution in [0, 0.1) is 5.92 Å². The molecule has 0 aliphatic heterocycles. The van der Waals surface area contributed by atoms with Crippen molar-refractivity contribution in [2.75, 3.05) is 11.9 Å². The predicted molar refractivity (Wildman–Crippen MR) is 128 cm³/mol. The number of aromatic nitrogens is 1. The number of primary amides is 1. The van der Waals surface area contributed by atoms with E-state index in [9.17, 15) is 15.0 Å². The maximum absolute atomic E-state index is 11.5. The number of aliphatic hydroxyl groups is 2. The number of nitrogens with two attached hydrogens (primary N) is 2. The van der Waals surface area contributed by atoms with E-state index >= 15 is 0 Å². The zero-order valence-corrected chi connectivity index (χ0v) is 19.2. The van der Waals surface area contributed by atoms with Crippen LogP contribution in [0.1, 0.15) is 68.7 Å². The molecule has 7 N–H and O–H groups in total. The molecule has 4 atom stereocenters. The van der Waals surface area contributed by atoms with Gasteiger partial charge in [0, 0.05) is 12.2 Å². The van der Waals surface area contributed by atoms with Crippen molar-refractivity contribution in [3.05, 3.63) is 53.9 Å². The molecule has 1 fully saturated rings. The number of urea groups is 1. The molecule has 1 aliphatic rings. The molecule has 8 nitrogen and oxygen atoms in total. The largest absolute Gasteiger partial charge is 0.489 e. The number of aliphatic hydroxyl groups excluding tert-OH is 2. The summed E-state index contributed by atoms with van der Waals surface area (Å²) in [5.41, 5.74) is 13.8. The molecule has 1 aliphatic carbocycles. The Balaban J connectivity index is 1.60. The van der Waals surface area contributed by atoms with Crippen LogP contribution in [0.4, 0.5) is 10.5 Å². The quantitative estimate of drug-likeness (QED) is 0.370. The number of nitrogens with one attached hydrogen (secondary N) is 1. The lowest BCUT2D eigenvalue weighted by Gasteiger charge is -2.27. The molecule has 8 heteroatoms. The van der Waals surface area contributed by atoms with Gasteiger partial charge in [-0.05, 0) is 60.9 Å². The average molecular weight is 457 g/mol. The minimum atomic E-state index is -0.963. The second kappa shape index (κ2) is 12.0. The van der Waals surface area contributed by atoms with Crippen molar-refractivity contribution in [1.82, 2.24) is 4.98 Å². The first-order valence-corrected chi connectivity index (χ1v) is 11.7. The van der Waals surface area contributed by atoms with Gasteiger partial charge in [0.15, 0.2) is 0 Å². The van der Waals surface area contributed by atoms with Gasteiger partial charge in [0.05, 0.1) is 17.5 Å². The first-order chi connectivity index (χ1) is 15.8. The third-order valence-electron chi connectivity index (χ3n) is 6.47. The summed E-state index contributed by atoms with van der Waals surface area (Å²) in [5.74, 6) is 0.713. The van der Waals surface area contributed by atoms with Crippen molar-refractivity contribution in [3.8, 4) is 5.75 Å². The van der Waals surface area contributed by atoms with Crippen LogP contribution in [0.15, 0.2) is 42.6 Å². The van der Waals surface area contributed by atoms with Crippen molar-refractivity contribution >= 4 is 11.7 Å². The van der Waals surface area contributed by atoms with Crippen LogP contribution in [-0.4, -0.2) is 40.0 Å². The fourth-order valence-corrected chi connectivity index (χ4v) is 4.46. The summed E-state index contributed by atoms with van der Waals surface area (Å²) in [7, 11) is 0. The van der Waals surface area contributed by atoms with Gasteiger partial charge in [-0.2, -0.15) is 0 Å². The fraction of sp³-hybridized carbons (Fsp3) is 0.520. The number of anilines is 1. The molecule has 1 saturated carbocycles. The van der Waals surface area contributed by atoms with Crippen LogP contribution in [-0.2, 0) is 0 Å². The molecular formula is C25H36N4O4. The van der Waals surface area contributed by atoms with Crippen LogP contribution < -0.4 is 21.5 Å². The van der Waals surface area contributed by atoms with E-state index in [2.05, 4.69) is 10.3 Å². The molecular weight excluding hydrogens is 420 g/mol. The van der Waals surface area contributed by atoms with Gasteiger partial charge in [0.25, 0.3) is 0 Å². The lowest BCUT2D eigenvalue weighted by molar-refractivity contribution is 0.0542. The zero-order valence-electron chi connectivity index (χ0n) is 19.2. The number of pyridine rings is 1. The highest BCUT2D eigenvalue weighted by Gasteiger charge is 2.26. The molecule has 2 aromatic rings. The molecule has 0 bridgehead atoms. The Bertz CT molecular complexity index is 889. The molecule has 2 amide bonds. The van der Waals surface area contributed by atoms with Crippen molar-refractivity contribution < 1.29 is 19.7 Å². The van der Waals surface area contributed by atoms with E-state index in [-0.39, 0.29) is 12.5 Å². The summed E-state index contributed by atoms with van der Waals surface area (Å²) in [4.78, 5) is 15.7. The van der Waals surface area contributed by atoms with E-state index in [0.29, 0.717) is 29.5 Å². The third kappa shape index (κ3) is 7.15. The van der Waals surface area contributed by atoms with Crippen LogP contribution in [0.25, 0.3) is 0 Å². The Morgan fingerprint density at radius 3 is 2.64 bits per heavy atom. The number of nitrogens with zero attached hydrogens (tertiary/aromatic N) is 1. The van der Waals surface area contributed by atoms with Crippen molar-refractivity contribution in [2.24, 2.45) is 17.4 Å². The van der Waals surface area contributed by atoms with E-state index in [4.69, 9.17) is 16.2 Å². The smallest absolute Gasteiger partial charge is 0.316 e. The Hall–Kier alpha value is -2.68. The maximum Gasteiger partial charge on any atom is 0.316 e. The van der Waals surface area contributed by atoms with E-state index in [0.717, 1.165) is 18.4 Å². The van der Waals surface area contributed by atoms with Gasteiger partial charge in [-0.1, -0.05) is 38.3 Å². The van der Waals surface area contributed by atoms with Gasteiger partial charge in [0.2, 0.25) is 0 Å². The number of hydrogen-bond acceptors (Lipinski definition) is 6. The molecule has 1 aromatic carbocycles. The summed E-state index contributed by atoms with van der Waals surface area (Å²) in [6.45, 7) is 1.82. The number of benzene rings is 1. The lowest BCUT2D eigenvalue weighted by atomic mass is 9.84. The first kappa shape index (κ1) is 25.0. The minimum Gasteiger partial charge on any atom is -0.489 e. The fourth-order valence-electron chi connectivity index (χ4n) is 4.46. The Morgan fingerprint density at radius 1 is 1.21 bits per heavy atom. The Morgan fingerprint density at radius 2 is 1.97 bits per heavy atom. The third-order valence-corrected chi connectivity index (χ3v) is 6.47. The van der Waals surface area contributed by atoms with Crippen LogP contribution in [0.3, 0.4) is 0 Å². The topological polar surface area (TPSA) is 144 Å². The number of ether oxygens (including phenoxy) is 1. The lowest BCUT2D eigenvalue weighted by Crippen LogP contribution is -2.44. The highest BCUT2D eigenvalue weighted by atomic mass is 16.5. The highest BCUT2D eigenvalue weighted by Crippen LogP contribution is 2.36. The van der Waals surface area contributed by atoms with Gasteiger partial charge in [-0.15, -0.1) is 0 Å². The van der Waals surface area contributed by atoms with Gasteiger partial charge >= 0.3 is 6.03 Å². The summed E-state index contributed by atoms with van der Waals surface area (Å²) in [6.07, 6.45) is 6.20. The number of amides is 2. The normalized spacial score (nSPS) is 18.2. The first-order valence-electron chi connectivity index (χ1n) is 11.7. The van der Waals surface area contributed by atoms with Gasteiger partial charge in [-0.25, -0.2) is 4.79 Å². The molecule has 1 aromatic heterocycles. The zero-order chi connectivity index (χ0) is 23.8. The SMILES string of the molecule is CC(CC(O)c1ccccn1)C(N)C(O)COc1ccc(C2CCCCC2)cc1NC(N)=O. The number of carbonyl (C=O) groups excluding carboxylic acids is 1. The molecule has 33 heavy (non-hydrogen) atoms. The van der Waals surface area contributed by atoms with E-state index < -0.39 is 24.3 Å². The monoisotopic (exact) mass is 456 g/mol. The van der Waals surface area contributed by atoms with Gasteiger partial charge in [0.1, 0.15) is 18.5 Å². The molecule has 0 saturated heterocycles. The van der Waals surface area contributed by atoms with Crippen molar-refractivity contribution in [2.45, 2.75) is 69.6 Å². The minimum absolute atomic E-state index is 0.0542. The van der Waals surface area contributed by atoms with Crippen molar-refractivity contribution in [1.29, 1.82) is 0 Å². The van der Waals surface area contributed by atoms with Crippen LogP contribution in [0.2, 0.25) is 0 Å². The van der Waals surface area contributed by atoms with Gasteiger partial charge in [-0.3, -0.25) is 4.98 Å². The van der Waals surface area contributed by atoms with Crippen LogP contribution >= 0.6 is 0 Å². The second-order valence-corrected chi connectivity index (χ2v) is 9.02. The van der Waals surface area contributed by atoms with E-state index in [1.54, 1.807) is 18.3 Å². The Labute approximate surface area is 195 Å². The molecule has 1 heterocycles. The standard InChI is InChI=1S/C25H36N4O4/c1-16(13-21(30)19-9-5-6-12-28-19)24(26)22(31)15-33-23-11-10-18(14-20(23)29-25(27)32)17-7-3-2-4-8-17/h5-6,9-12,14,16-17,21-22,24,30-31H,2-4,7-8,13,15,26H2,1H3,(H3,27,29,32). The molecule has 0 spiro atoms. The highest BCUT2D eigenvalue weighted by molar-refractivity contribution is 5.89. The van der Waals surface area contributed by atoms with E-state index in [1.807, 2.05) is 31.2 Å². The predicted octanol–water partition coefficient (Wildman–Crippen LogP) is 3.45. The second-order valence-electron chi connectivity index (χ2n) is 9.02. The van der Waals surface area contributed by atoms with Crippen LogP contribution in [0.5, 0.6) is 5.75 Å².